The molecule has 1 aromatic heterocycles. The molecule has 0 aliphatic rings. The standard InChI is InChI=1S/C27H23ClN2O6/c1-35-24-10-6-3-7-18(24)13-19(31)15-30-26(33)20-8-4-5-9-22(20)29(27(30)34)16-23(32)17-11-12-25(36-2)21(28)14-17/h3-12,14H,13,15-16H2,1-2H3. The first-order chi connectivity index (χ1) is 17.3. The van der Waals surface area contributed by atoms with Crippen LogP contribution in [0.1, 0.15) is 15.9 Å². The summed E-state index contributed by atoms with van der Waals surface area (Å²) in [4.78, 5) is 52.5. The molecule has 184 valence electrons. The number of benzene rings is 3. The minimum atomic E-state index is -0.750. The molecule has 0 aliphatic carbocycles. The Labute approximate surface area is 211 Å². The Morgan fingerprint density at radius 1 is 0.833 bits per heavy atom. The van der Waals surface area contributed by atoms with Gasteiger partial charge in [-0.25, -0.2) is 4.79 Å². The Bertz CT molecular complexity index is 1590. The van der Waals surface area contributed by atoms with Crippen LogP contribution in [0.15, 0.2) is 76.3 Å². The smallest absolute Gasteiger partial charge is 0.332 e. The number of hydrogen-bond acceptors (Lipinski definition) is 6. The van der Waals surface area contributed by atoms with Crippen LogP contribution in [0.25, 0.3) is 10.9 Å². The third-order valence-electron chi connectivity index (χ3n) is 5.82. The second-order valence-electron chi connectivity index (χ2n) is 8.08. The third-order valence-corrected chi connectivity index (χ3v) is 6.12. The first-order valence-corrected chi connectivity index (χ1v) is 11.4. The number of carbonyl (C=O) groups is 2. The van der Waals surface area contributed by atoms with Crippen molar-refractivity contribution in [2.24, 2.45) is 0 Å². The Morgan fingerprint density at radius 2 is 1.53 bits per heavy atom. The van der Waals surface area contributed by atoms with Crippen molar-refractivity contribution in [3.05, 3.63) is 104 Å². The molecule has 0 saturated carbocycles. The van der Waals surface area contributed by atoms with Crippen molar-refractivity contribution < 1.29 is 19.1 Å². The Kier molecular flexibility index (Phi) is 7.36. The molecule has 0 atom stereocenters. The van der Waals surface area contributed by atoms with Crippen molar-refractivity contribution in [2.75, 3.05) is 14.2 Å². The predicted molar refractivity (Wildman–Crippen MR) is 137 cm³/mol. The van der Waals surface area contributed by atoms with Crippen LogP contribution in [0.3, 0.4) is 0 Å². The lowest BCUT2D eigenvalue weighted by Crippen LogP contribution is -2.42. The fourth-order valence-electron chi connectivity index (χ4n) is 4.03. The maximum atomic E-state index is 13.4. The molecule has 36 heavy (non-hydrogen) atoms. The van der Waals surface area contributed by atoms with Gasteiger partial charge in [0.05, 0.1) is 43.2 Å². The maximum absolute atomic E-state index is 13.4. The molecule has 9 heteroatoms. The summed E-state index contributed by atoms with van der Waals surface area (Å²) in [5, 5.41) is 0.482. The van der Waals surface area contributed by atoms with E-state index in [0.29, 0.717) is 22.6 Å². The van der Waals surface area contributed by atoms with Gasteiger partial charge in [-0.2, -0.15) is 0 Å². The van der Waals surface area contributed by atoms with E-state index in [2.05, 4.69) is 0 Å². The lowest BCUT2D eigenvalue weighted by Gasteiger charge is -2.14. The predicted octanol–water partition coefficient (Wildman–Crippen LogP) is 3.53. The van der Waals surface area contributed by atoms with E-state index >= 15 is 0 Å². The third kappa shape index (κ3) is 4.94. The maximum Gasteiger partial charge on any atom is 0.332 e. The molecule has 4 aromatic rings. The topological polar surface area (TPSA) is 96.6 Å². The molecule has 0 fully saturated rings. The number of Topliss-reactive ketones (excluding diaryl/α,β-unsaturated/α-hetero) is 2. The normalized spacial score (nSPS) is 10.9. The number of aromatic nitrogens is 2. The molecule has 0 unspecified atom stereocenters. The van der Waals surface area contributed by atoms with Crippen LogP contribution in [-0.2, 0) is 24.3 Å². The number of halogens is 1. The number of ketones is 2. The first kappa shape index (κ1) is 24.9. The van der Waals surface area contributed by atoms with Crippen LogP contribution < -0.4 is 20.7 Å². The van der Waals surface area contributed by atoms with E-state index < -0.39 is 23.6 Å². The summed E-state index contributed by atoms with van der Waals surface area (Å²) in [5.41, 5.74) is -0.124. The van der Waals surface area contributed by atoms with E-state index in [1.54, 1.807) is 60.7 Å². The molecule has 0 bridgehead atoms. The fraction of sp³-hybridized carbons (Fsp3) is 0.185. The van der Waals surface area contributed by atoms with Crippen LogP contribution >= 0.6 is 11.6 Å². The van der Waals surface area contributed by atoms with Gasteiger partial charge in [0.15, 0.2) is 11.6 Å². The Balaban J connectivity index is 1.72. The van der Waals surface area contributed by atoms with Gasteiger partial charge in [-0.1, -0.05) is 41.9 Å². The molecule has 4 rings (SSSR count). The summed E-state index contributed by atoms with van der Waals surface area (Å²) in [5.74, 6) is 0.210. The second-order valence-corrected chi connectivity index (χ2v) is 8.48. The molecule has 0 N–H and O–H groups in total. The largest absolute Gasteiger partial charge is 0.496 e. The number of para-hydroxylation sites is 2. The monoisotopic (exact) mass is 506 g/mol. The summed E-state index contributed by atoms with van der Waals surface area (Å²) in [6.45, 7) is -0.786. The summed E-state index contributed by atoms with van der Waals surface area (Å²) < 4.78 is 12.5. The van der Waals surface area contributed by atoms with Gasteiger partial charge in [0.25, 0.3) is 5.56 Å². The van der Waals surface area contributed by atoms with Gasteiger partial charge in [-0.15, -0.1) is 0 Å². The molecule has 0 saturated heterocycles. The average molecular weight is 507 g/mol. The van der Waals surface area contributed by atoms with Crippen molar-refractivity contribution in [3.8, 4) is 11.5 Å². The van der Waals surface area contributed by atoms with Gasteiger partial charge >= 0.3 is 5.69 Å². The summed E-state index contributed by atoms with van der Waals surface area (Å²) in [6, 6.07) is 18.1. The van der Waals surface area contributed by atoms with E-state index in [1.165, 1.54) is 24.9 Å². The lowest BCUT2D eigenvalue weighted by atomic mass is 10.1. The van der Waals surface area contributed by atoms with Crippen molar-refractivity contribution in [2.45, 2.75) is 19.5 Å². The van der Waals surface area contributed by atoms with E-state index in [1.807, 2.05) is 0 Å². The number of hydrogen-bond donors (Lipinski definition) is 0. The van der Waals surface area contributed by atoms with Crippen molar-refractivity contribution in [1.82, 2.24) is 9.13 Å². The molecule has 3 aromatic carbocycles. The molecule has 0 spiro atoms. The molecule has 8 nitrogen and oxygen atoms in total. The zero-order chi connectivity index (χ0) is 25.8. The van der Waals surface area contributed by atoms with E-state index in [0.717, 1.165) is 4.57 Å². The number of methoxy groups -OCH3 is 2. The molecule has 0 radical (unpaired) electrons. The van der Waals surface area contributed by atoms with Gasteiger partial charge in [-0.05, 0) is 36.4 Å². The quantitative estimate of drug-likeness (QED) is 0.322. The molecule has 1 heterocycles. The Hall–Kier alpha value is -4.17. The fourth-order valence-corrected chi connectivity index (χ4v) is 4.29. The van der Waals surface area contributed by atoms with Crippen molar-refractivity contribution in [3.63, 3.8) is 0 Å². The second kappa shape index (κ2) is 10.6. The van der Waals surface area contributed by atoms with Crippen LogP contribution in [-0.4, -0.2) is 34.9 Å². The van der Waals surface area contributed by atoms with E-state index in [4.69, 9.17) is 21.1 Å². The SMILES string of the molecule is COc1ccc(C(=O)Cn2c(=O)n(CC(=O)Cc3ccccc3OC)c(=O)c3ccccc32)cc1Cl. The number of carbonyl (C=O) groups excluding carboxylic acids is 2. The summed E-state index contributed by atoms with van der Waals surface area (Å²) in [7, 11) is 2.97. The molecule has 0 aliphatic heterocycles. The molecule has 0 amide bonds. The van der Waals surface area contributed by atoms with Gasteiger partial charge in [0, 0.05) is 17.5 Å². The lowest BCUT2D eigenvalue weighted by molar-refractivity contribution is -0.119. The highest BCUT2D eigenvalue weighted by Gasteiger charge is 2.19. The number of nitrogens with zero attached hydrogens (tertiary/aromatic N) is 2. The molecular weight excluding hydrogens is 484 g/mol. The average Bonchev–Trinajstić information content (AvgIpc) is 2.89. The van der Waals surface area contributed by atoms with Crippen LogP contribution in [0.2, 0.25) is 5.02 Å². The minimum absolute atomic E-state index is 0.0218. The highest BCUT2D eigenvalue weighted by molar-refractivity contribution is 6.32. The van der Waals surface area contributed by atoms with Crippen LogP contribution in [0.4, 0.5) is 0 Å². The van der Waals surface area contributed by atoms with Gasteiger partial charge in [0.1, 0.15) is 11.5 Å². The zero-order valence-corrected chi connectivity index (χ0v) is 20.4. The number of fused-ring (bicyclic) bond motifs is 1. The van der Waals surface area contributed by atoms with Gasteiger partial charge < -0.3 is 9.47 Å². The van der Waals surface area contributed by atoms with E-state index in [9.17, 15) is 19.2 Å². The minimum Gasteiger partial charge on any atom is -0.496 e. The molecular formula is C27H23ClN2O6. The number of ether oxygens (including phenoxy) is 2. The highest BCUT2D eigenvalue weighted by Crippen LogP contribution is 2.25. The van der Waals surface area contributed by atoms with Crippen molar-refractivity contribution in [1.29, 1.82) is 0 Å². The number of rotatable bonds is 9. The van der Waals surface area contributed by atoms with E-state index in [-0.39, 0.29) is 34.7 Å². The zero-order valence-electron chi connectivity index (χ0n) is 19.7. The van der Waals surface area contributed by atoms with Crippen LogP contribution in [0, 0.1) is 0 Å². The summed E-state index contributed by atoms with van der Waals surface area (Å²) >= 11 is 6.16. The van der Waals surface area contributed by atoms with Gasteiger partial charge in [-0.3, -0.25) is 23.5 Å². The summed E-state index contributed by atoms with van der Waals surface area (Å²) in [6.07, 6.45) is -0.0218. The first-order valence-electron chi connectivity index (χ1n) is 11.1. The Morgan fingerprint density at radius 3 is 2.25 bits per heavy atom. The van der Waals surface area contributed by atoms with Crippen LogP contribution in [0.5, 0.6) is 11.5 Å². The van der Waals surface area contributed by atoms with Gasteiger partial charge in [0.2, 0.25) is 0 Å². The highest BCUT2D eigenvalue weighted by atomic mass is 35.5. The van der Waals surface area contributed by atoms with Crippen molar-refractivity contribution >= 4 is 34.1 Å².